The summed E-state index contributed by atoms with van der Waals surface area (Å²) in [6.45, 7) is 1.51. The number of rotatable bonds is 0. The zero-order valence-electron chi connectivity index (χ0n) is 7.24. The minimum Gasteiger partial charge on any atom is -0.490 e. The lowest BCUT2D eigenvalue weighted by atomic mass is 10.3. The molecule has 0 saturated heterocycles. The molecule has 0 saturated carbocycles. The molecule has 0 fully saturated rings. The molecule has 0 unspecified atom stereocenters. The molecule has 1 aliphatic heterocycles. The van der Waals surface area contributed by atoms with Gasteiger partial charge in [0, 0.05) is 11.0 Å². The van der Waals surface area contributed by atoms with Crippen LogP contribution in [0, 0.1) is 0 Å². The van der Waals surface area contributed by atoms with Crippen LogP contribution in [0.5, 0.6) is 5.75 Å². The van der Waals surface area contributed by atoms with Crippen LogP contribution in [0.2, 0.25) is 10.0 Å². The van der Waals surface area contributed by atoms with Crippen molar-refractivity contribution >= 4 is 44.8 Å². The zero-order valence-corrected chi connectivity index (χ0v) is 10.3. The summed E-state index contributed by atoms with van der Waals surface area (Å²) < 4.78 is 6.29. The normalized spacial score (nSPS) is 15.1. The van der Waals surface area contributed by atoms with E-state index in [9.17, 15) is 0 Å². The van der Waals surface area contributed by atoms with E-state index in [2.05, 4.69) is 21.2 Å². The van der Waals surface area contributed by atoms with Gasteiger partial charge in [0.05, 0.1) is 22.3 Å². The summed E-state index contributed by atoms with van der Waals surface area (Å²) in [6, 6.07) is 1.75. The highest BCUT2D eigenvalue weighted by Crippen LogP contribution is 2.44. The van der Waals surface area contributed by atoms with Gasteiger partial charge in [0.25, 0.3) is 0 Å². The Hall–Kier alpha value is -0.120. The fraction of sp³-hybridized carbons (Fsp3) is 0.333. The Bertz CT molecular complexity index is 370. The van der Waals surface area contributed by atoms with Crippen LogP contribution in [0.25, 0.3) is 0 Å². The molecular weight excluding hydrogens is 289 g/mol. The molecule has 0 spiro atoms. The predicted octanol–water partition coefficient (Wildman–Crippen LogP) is 3.95. The van der Waals surface area contributed by atoms with Gasteiger partial charge in [-0.25, -0.2) is 0 Å². The predicted molar refractivity (Wildman–Crippen MR) is 62.8 cm³/mol. The Morgan fingerprint density at radius 3 is 3.00 bits per heavy atom. The van der Waals surface area contributed by atoms with Gasteiger partial charge in [-0.15, -0.1) is 0 Å². The monoisotopic (exact) mass is 295 g/mol. The van der Waals surface area contributed by atoms with Crippen molar-refractivity contribution < 1.29 is 4.74 Å². The third-order valence-electron chi connectivity index (χ3n) is 2.00. The van der Waals surface area contributed by atoms with E-state index < -0.39 is 0 Å². The van der Waals surface area contributed by atoms with Gasteiger partial charge in [-0.3, -0.25) is 0 Å². The number of nitrogens with one attached hydrogen (secondary N) is 1. The molecule has 1 N–H and O–H groups in total. The number of hydrogen-bond acceptors (Lipinski definition) is 2. The van der Waals surface area contributed by atoms with Gasteiger partial charge >= 0.3 is 0 Å². The van der Waals surface area contributed by atoms with Crippen molar-refractivity contribution in [3.63, 3.8) is 0 Å². The lowest BCUT2D eigenvalue weighted by Gasteiger charge is -2.12. The van der Waals surface area contributed by atoms with Gasteiger partial charge in [0.1, 0.15) is 0 Å². The standard InChI is InChI=1S/C9H8BrCl2NO/c10-5-4-6(11)9-8(7(5)12)13-2-1-3-14-9/h4,13H,1-3H2. The van der Waals surface area contributed by atoms with Crippen LogP contribution in [0.3, 0.4) is 0 Å². The lowest BCUT2D eigenvalue weighted by Crippen LogP contribution is -2.00. The molecule has 1 aromatic rings. The smallest absolute Gasteiger partial charge is 0.162 e. The van der Waals surface area contributed by atoms with Gasteiger partial charge < -0.3 is 10.1 Å². The SMILES string of the molecule is Clc1cc(Br)c(Cl)c2c1OCCCN2. The quantitative estimate of drug-likeness (QED) is 0.732. The molecule has 1 aliphatic rings. The summed E-state index contributed by atoms with van der Waals surface area (Å²) in [7, 11) is 0. The number of halogens is 3. The first-order chi connectivity index (χ1) is 6.70. The maximum Gasteiger partial charge on any atom is 0.162 e. The number of ether oxygens (including phenoxy) is 1. The summed E-state index contributed by atoms with van der Waals surface area (Å²) in [4.78, 5) is 0. The fourth-order valence-electron chi connectivity index (χ4n) is 1.34. The summed E-state index contributed by atoms with van der Waals surface area (Å²) >= 11 is 15.5. The van der Waals surface area contributed by atoms with Crippen LogP contribution in [-0.2, 0) is 0 Å². The molecule has 1 aromatic carbocycles. The highest BCUT2D eigenvalue weighted by molar-refractivity contribution is 9.10. The second-order valence-electron chi connectivity index (χ2n) is 2.99. The largest absolute Gasteiger partial charge is 0.490 e. The molecule has 1 heterocycles. The van der Waals surface area contributed by atoms with Gasteiger partial charge in [-0.2, -0.15) is 0 Å². The summed E-state index contributed by atoms with van der Waals surface area (Å²) in [6.07, 6.45) is 0.943. The summed E-state index contributed by atoms with van der Waals surface area (Å²) in [5, 5.41) is 4.40. The Balaban J connectivity index is 2.57. The second-order valence-corrected chi connectivity index (χ2v) is 4.63. The first-order valence-electron chi connectivity index (χ1n) is 4.24. The Labute approximate surface area is 101 Å². The highest BCUT2D eigenvalue weighted by atomic mass is 79.9. The molecule has 0 amide bonds. The van der Waals surface area contributed by atoms with E-state index in [0.717, 1.165) is 23.1 Å². The molecular formula is C9H8BrCl2NO. The van der Waals surface area contributed by atoms with Crippen molar-refractivity contribution in [1.29, 1.82) is 0 Å². The number of fused-ring (bicyclic) bond motifs is 1. The van der Waals surface area contributed by atoms with Crippen LogP contribution in [0.1, 0.15) is 6.42 Å². The lowest BCUT2D eigenvalue weighted by molar-refractivity contribution is 0.323. The maximum atomic E-state index is 6.11. The molecule has 0 aromatic heterocycles. The van der Waals surface area contributed by atoms with Crippen molar-refractivity contribution in [3.05, 3.63) is 20.6 Å². The van der Waals surface area contributed by atoms with E-state index in [0.29, 0.717) is 22.4 Å². The topological polar surface area (TPSA) is 21.3 Å². The Kier molecular flexibility index (Phi) is 3.10. The maximum absolute atomic E-state index is 6.11. The first-order valence-corrected chi connectivity index (χ1v) is 5.79. The fourth-order valence-corrected chi connectivity index (χ4v) is 2.36. The molecule has 2 nitrogen and oxygen atoms in total. The van der Waals surface area contributed by atoms with Gasteiger partial charge in [0.15, 0.2) is 5.75 Å². The van der Waals surface area contributed by atoms with E-state index in [4.69, 9.17) is 27.9 Å². The van der Waals surface area contributed by atoms with E-state index in [1.54, 1.807) is 6.07 Å². The van der Waals surface area contributed by atoms with Crippen LogP contribution in [0.15, 0.2) is 10.5 Å². The molecule has 0 bridgehead atoms. The van der Waals surface area contributed by atoms with Crippen molar-refractivity contribution in [2.75, 3.05) is 18.5 Å². The molecule has 0 atom stereocenters. The second kappa shape index (κ2) is 4.17. The van der Waals surface area contributed by atoms with Gasteiger partial charge in [-0.05, 0) is 28.4 Å². The van der Waals surface area contributed by atoms with E-state index in [-0.39, 0.29) is 0 Å². The molecule has 76 valence electrons. The van der Waals surface area contributed by atoms with Crippen LogP contribution in [-0.4, -0.2) is 13.2 Å². The Morgan fingerprint density at radius 2 is 2.21 bits per heavy atom. The zero-order chi connectivity index (χ0) is 10.1. The number of anilines is 1. The van der Waals surface area contributed by atoms with Crippen molar-refractivity contribution in [1.82, 2.24) is 0 Å². The molecule has 14 heavy (non-hydrogen) atoms. The third-order valence-corrected chi connectivity index (χ3v) is 3.52. The van der Waals surface area contributed by atoms with Gasteiger partial charge in [0.2, 0.25) is 0 Å². The Morgan fingerprint density at radius 1 is 1.43 bits per heavy atom. The van der Waals surface area contributed by atoms with Crippen LogP contribution >= 0.6 is 39.1 Å². The number of hydrogen-bond donors (Lipinski definition) is 1. The average molecular weight is 297 g/mol. The highest BCUT2D eigenvalue weighted by Gasteiger charge is 2.18. The minimum absolute atomic E-state index is 0.575. The average Bonchev–Trinajstić information content (AvgIpc) is 2.39. The summed E-state index contributed by atoms with van der Waals surface area (Å²) in [5.41, 5.74) is 0.781. The van der Waals surface area contributed by atoms with E-state index in [1.165, 1.54) is 0 Å². The minimum atomic E-state index is 0.575. The van der Waals surface area contributed by atoms with Crippen molar-refractivity contribution in [3.8, 4) is 5.75 Å². The third kappa shape index (κ3) is 1.81. The number of benzene rings is 1. The molecule has 0 aliphatic carbocycles. The van der Waals surface area contributed by atoms with Gasteiger partial charge in [-0.1, -0.05) is 23.2 Å². The van der Waals surface area contributed by atoms with Crippen molar-refractivity contribution in [2.45, 2.75) is 6.42 Å². The summed E-state index contributed by atoms with van der Waals surface area (Å²) in [5.74, 6) is 0.650. The molecule has 5 heteroatoms. The molecule has 0 radical (unpaired) electrons. The van der Waals surface area contributed by atoms with Crippen LogP contribution < -0.4 is 10.1 Å². The van der Waals surface area contributed by atoms with E-state index in [1.807, 2.05) is 0 Å². The first kappa shape index (κ1) is 10.4. The van der Waals surface area contributed by atoms with Crippen molar-refractivity contribution in [2.24, 2.45) is 0 Å². The van der Waals surface area contributed by atoms with Crippen LogP contribution in [0.4, 0.5) is 5.69 Å². The molecule has 2 rings (SSSR count). The van der Waals surface area contributed by atoms with E-state index >= 15 is 0 Å².